The molecular weight excluding hydrogens is 484 g/mol. The van der Waals surface area contributed by atoms with E-state index in [9.17, 15) is 13.2 Å². The molecule has 2 aliphatic rings. The van der Waals surface area contributed by atoms with E-state index in [1.807, 2.05) is 11.0 Å². The zero-order chi connectivity index (χ0) is 24.4. The predicted octanol–water partition coefficient (Wildman–Crippen LogP) is 4.78. The Morgan fingerprint density at radius 1 is 0.914 bits per heavy atom. The molecule has 2 aliphatic heterocycles. The highest BCUT2D eigenvalue weighted by Gasteiger charge is 2.39. The molecule has 0 unspecified atom stereocenters. The normalized spacial score (nSPS) is 18.6. The number of halogens is 1. The SMILES string of the molecule is O=C([C@@H]1CN(S(=O)(=O)c2ccc(Cl)cc2)c2ccccc2O1)N1CCC(Cc2ccccc2)CC1. The molecule has 0 N–H and O–H groups in total. The number of anilines is 1. The van der Waals surface area contributed by atoms with Crippen molar-refractivity contribution >= 4 is 33.2 Å². The van der Waals surface area contributed by atoms with Crippen LogP contribution in [0.4, 0.5) is 5.69 Å². The van der Waals surface area contributed by atoms with Gasteiger partial charge in [0, 0.05) is 18.1 Å². The predicted molar refractivity (Wildman–Crippen MR) is 136 cm³/mol. The van der Waals surface area contributed by atoms with Gasteiger partial charge in [0.05, 0.1) is 17.1 Å². The molecule has 0 spiro atoms. The van der Waals surface area contributed by atoms with Gasteiger partial charge in [-0.25, -0.2) is 8.42 Å². The van der Waals surface area contributed by atoms with Crippen molar-refractivity contribution in [1.82, 2.24) is 4.90 Å². The van der Waals surface area contributed by atoms with Crippen molar-refractivity contribution in [1.29, 1.82) is 0 Å². The molecule has 3 aromatic carbocycles. The fourth-order valence-corrected chi connectivity index (χ4v) is 6.40. The van der Waals surface area contributed by atoms with Crippen LogP contribution in [-0.2, 0) is 21.2 Å². The average Bonchev–Trinajstić information content (AvgIpc) is 2.89. The van der Waals surface area contributed by atoms with Gasteiger partial charge in [0.2, 0.25) is 0 Å². The van der Waals surface area contributed by atoms with Crippen LogP contribution < -0.4 is 9.04 Å². The summed E-state index contributed by atoms with van der Waals surface area (Å²) in [5.41, 5.74) is 1.74. The van der Waals surface area contributed by atoms with Gasteiger partial charge >= 0.3 is 0 Å². The number of piperidine rings is 1. The van der Waals surface area contributed by atoms with E-state index < -0.39 is 16.1 Å². The number of ether oxygens (including phenoxy) is 1. The summed E-state index contributed by atoms with van der Waals surface area (Å²) in [6.07, 6.45) is 1.93. The van der Waals surface area contributed by atoms with Gasteiger partial charge in [-0.1, -0.05) is 54.1 Å². The third-order valence-electron chi connectivity index (χ3n) is 6.71. The van der Waals surface area contributed by atoms with E-state index in [0.29, 0.717) is 35.5 Å². The first-order valence-electron chi connectivity index (χ1n) is 11.8. The summed E-state index contributed by atoms with van der Waals surface area (Å²) in [6, 6.07) is 23.4. The van der Waals surface area contributed by atoms with Crippen LogP contribution in [0, 0.1) is 5.92 Å². The van der Waals surface area contributed by atoms with E-state index in [2.05, 4.69) is 24.3 Å². The standard InChI is InChI=1S/C27H27ClN2O4S/c28-22-10-12-23(13-11-22)35(32,33)30-19-26(34-25-9-5-4-8-24(25)30)27(31)29-16-14-21(15-17-29)18-20-6-2-1-3-7-20/h1-13,21,26H,14-19H2/t26-/m0/s1. The maximum Gasteiger partial charge on any atom is 0.265 e. The maximum atomic E-state index is 13.5. The zero-order valence-electron chi connectivity index (χ0n) is 19.2. The van der Waals surface area contributed by atoms with Gasteiger partial charge in [0.15, 0.2) is 6.10 Å². The molecule has 2 heterocycles. The summed E-state index contributed by atoms with van der Waals surface area (Å²) < 4.78 is 34.4. The third-order valence-corrected chi connectivity index (χ3v) is 8.75. The molecule has 1 saturated heterocycles. The molecule has 1 atom stereocenters. The molecule has 0 aliphatic carbocycles. The molecule has 0 bridgehead atoms. The number of hydrogen-bond acceptors (Lipinski definition) is 4. The molecule has 8 heteroatoms. The Kier molecular flexibility index (Phi) is 6.71. The van der Waals surface area contributed by atoms with Crippen LogP contribution in [0.1, 0.15) is 18.4 Å². The Morgan fingerprint density at radius 2 is 1.57 bits per heavy atom. The number of amides is 1. The van der Waals surface area contributed by atoms with Crippen molar-refractivity contribution in [2.24, 2.45) is 5.92 Å². The Balaban J connectivity index is 1.32. The number of hydrogen-bond donors (Lipinski definition) is 0. The number of carbonyl (C=O) groups excluding carboxylic acids is 1. The minimum atomic E-state index is -3.91. The summed E-state index contributed by atoms with van der Waals surface area (Å²) >= 11 is 5.96. The van der Waals surface area contributed by atoms with E-state index >= 15 is 0 Å². The number of fused-ring (bicyclic) bond motifs is 1. The second kappa shape index (κ2) is 9.91. The lowest BCUT2D eigenvalue weighted by Crippen LogP contribution is -2.53. The van der Waals surface area contributed by atoms with Crippen molar-refractivity contribution in [2.75, 3.05) is 23.9 Å². The molecule has 1 fully saturated rings. The average molecular weight is 511 g/mol. The molecule has 6 nitrogen and oxygen atoms in total. The van der Waals surface area contributed by atoms with Crippen LogP contribution in [0.15, 0.2) is 83.8 Å². The molecule has 0 radical (unpaired) electrons. The van der Waals surface area contributed by atoms with Crippen LogP contribution in [0.5, 0.6) is 5.75 Å². The lowest BCUT2D eigenvalue weighted by atomic mass is 9.90. The fourth-order valence-electron chi connectivity index (χ4n) is 4.80. The van der Waals surface area contributed by atoms with Crippen LogP contribution in [0.2, 0.25) is 5.02 Å². The maximum absolute atomic E-state index is 13.5. The molecule has 1 amide bonds. The minimum Gasteiger partial charge on any atom is -0.476 e. The Morgan fingerprint density at radius 3 is 2.29 bits per heavy atom. The monoisotopic (exact) mass is 510 g/mol. The Bertz CT molecular complexity index is 1290. The summed E-state index contributed by atoms with van der Waals surface area (Å²) in [6.45, 7) is 1.20. The number of likely N-dealkylation sites (tertiary alicyclic amines) is 1. The van der Waals surface area contributed by atoms with E-state index in [1.54, 1.807) is 36.4 Å². The highest BCUT2D eigenvalue weighted by molar-refractivity contribution is 7.92. The second-order valence-electron chi connectivity index (χ2n) is 9.02. The van der Waals surface area contributed by atoms with Gasteiger partial charge in [0.1, 0.15) is 5.75 Å². The topological polar surface area (TPSA) is 66.9 Å². The minimum absolute atomic E-state index is 0.0786. The summed E-state index contributed by atoms with van der Waals surface area (Å²) in [5.74, 6) is 0.735. The lowest BCUT2D eigenvalue weighted by molar-refractivity contribution is -0.139. The molecule has 35 heavy (non-hydrogen) atoms. The molecular formula is C27H27ClN2O4S. The molecule has 3 aromatic rings. The van der Waals surface area contributed by atoms with Gasteiger partial charge in [-0.15, -0.1) is 0 Å². The summed E-state index contributed by atoms with van der Waals surface area (Å²) in [7, 11) is -3.91. The number of nitrogens with zero attached hydrogens (tertiary/aromatic N) is 2. The van der Waals surface area contributed by atoms with Gasteiger partial charge in [-0.05, 0) is 67.1 Å². The van der Waals surface area contributed by atoms with E-state index in [1.165, 1.54) is 22.0 Å². The highest BCUT2D eigenvalue weighted by atomic mass is 35.5. The van der Waals surface area contributed by atoms with E-state index in [0.717, 1.165) is 19.3 Å². The first-order valence-corrected chi connectivity index (χ1v) is 13.6. The Labute approximate surface area is 211 Å². The second-order valence-corrected chi connectivity index (χ2v) is 11.3. The molecule has 0 saturated carbocycles. The van der Waals surface area contributed by atoms with Crippen molar-refractivity contribution < 1.29 is 17.9 Å². The Hall–Kier alpha value is -3.03. The molecule has 182 valence electrons. The van der Waals surface area contributed by atoms with Crippen molar-refractivity contribution in [3.63, 3.8) is 0 Å². The third kappa shape index (κ3) is 5.02. The summed E-state index contributed by atoms with van der Waals surface area (Å²) in [4.78, 5) is 15.4. The number of sulfonamides is 1. The van der Waals surface area contributed by atoms with Gasteiger partial charge in [0.25, 0.3) is 15.9 Å². The largest absolute Gasteiger partial charge is 0.476 e. The fraction of sp³-hybridized carbons (Fsp3) is 0.296. The van der Waals surface area contributed by atoms with E-state index in [4.69, 9.17) is 16.3 Å². The number of carbonyl (C=O) groups is 1. The highest BCUT2D eigenvalue weighted by Crippen LogP contribution is 2.37. The first-order chi connectivity index (χ1) is 16.9. The van der Waals surface area contributed by atoms with Crippen molar-refractivity contribution in [3.8, 4) is 5.75 Å². The van der Waals surface area contributed by atoms with Crippen molar-refractivity contribution in [3.05, 3.63) is 89.4 Å². The van der Waals surface area contributed by atoms with Crippen LogP contribution in [0.25, 0.3) is 0 Å². The quantitative estimate of drug-likeness (QED) is 0.495. The van der Waals surface area contributed by atoms with Crippen LogP contribution >= 0.6 is 11.6 Å². The number of benzene rings is 3. The van der Waals surface area contributed by atoms with Gasteiger partial charge in [-0.3, -0.25) is 9.10 Å². The first kappa shape index (κ1) is 23.7. The van der Waals surface area contributed by atoms with E-state index in [-0.39, 0.29) is 17.3 Å². The van der Waals surface area contributed by atoms with Crippen molar-refractivity contribution in [2.45, 2.75) is 30.3 Å². The smallest absolute Gasteiger partial charge is 0.265 e. The number of rotatable bonds is 5. The van der Waals surface area contributed by atoms with Gasteiger partial charge < -0.3 is 9.64 Å². The van der Waals surface area contributed by atoms with Crippen LogP contribution in [-0.4, -0.2) is 45.0 Å². The molecule has 5 rings (SSSR count). The molecule has 0 aromatic heterocycles. The van der Waals surface area contributed by atoms with Gasteiger partial charge in [-0.2, -0.15) is 0 Å². The van der Waals surface area contributed by atoms with Crippen LogP contribution in [0.3, 0.4) is 0 Å². The summed E-state index contributed by atoms with van der Waals surface area (Å²) in [5, 5.41) is 0.454. The zero-order valence-corrected chi connectivity index (χ0v) is 20.8. The lowest BCUT2D eigenvalue weighted by Gasteiger charge is -2.38. The number of para-hydroxylation sites is 2.